The Morgan fingerprint density at radius 2 is 2.05 bits per heavy atom. The third-order valence-electron chi connectivity index (χ3n) is 3.15. The highest BCUT2D eigenvalue weighted by atomic mass is 16.4. The largest absolute Gasteiger partial charge is 0.480 e. The third-order valence-corrected chi connectivity index (χ3v) is 3.15. The van der Waals surface area contributed by atoms with E-state index in [0.29, 0.717) is 29.9 Å². The minimum Gasteiger partial charge on any atom is -0.480 e. The summed E-state index contributed by atoms with van der Waals surface area (Å²) in [5.74, 6) is -0.897. The molecule has 3 N–H and O–H groups in total. The first kappa shape index (κ1) is 16.9. The Labute approximate surface area is 122 Å². The van der Waals surface area contributed by atoms with Crippen LogP contribution in [0.25, 0.3) is 0 Å². The SMILES string of the molecule is CCC[C@H](NC(=O)CCc1c(C)nc(C)[nH]c1=O)C(=O)O. The summed E-state index contributed by atoms with van der Waals surface area (Å²) >= 11 is 0. The average molecular weight is 295 g/mol. The molecule has 1 aromatic rings. The molecule has 0 bridgehead atoms. The van der Waals surface area contributed by atoms with E-state index >= 15 is 0 Å². The van der Waals surface area contributed by atoms with E-state index in [9.17, 15) is 14.4 Å². The summed E-state index contributed by atoms with van der Waals surface area (Å²) in [6.45, 7) is 5.25. The van der Waals surface area contributed by atoms with Crippen molar-refractivity contribution in [3.05, 3.63) is 27.4 Å². The molecule has 7 heteroatoms. The van der Waals surface area contributed by atoms with Gasteiger partial charge >= 0.3 is 5.97 Å². The number of aliphatic carboxylic acids is 1. The smallest absolute Gasteiger partial charge is 0.326 e. The lowest BCUT2D eigenvalue weighted by Gasteiger charge is -2.13. The van der Waals surface area contributed by atoms with Crippen molar-refractivity contribution < 1.29 is 14.7 Å². The second-order valence-corrected chi connectivity index (χ2v) is 4.96. The Morgan fingerprint density at radius 3 is 2.57 bits per heavy atom. The molecule has 0 fully saturated rings. The molecule has 1 amide bonds. The molecule has 1 aromatic heterocycles. The quantitative estimate of drug-likeness (QED) is 0.685. The Morgan fingerprint density at radius 1 is 1.38 bits per heavy atom. The van der Waals surface area contributed by atoms with Crippen molar-refractivity contribution in [1.29, 1.82) is 0 Å². The second kappa shape index (κ2) is 7.56. The summed E-state index contributed by atoms with van der Waals surface area (Å²) < 4.78 is 0. The second-order valence-electron chi connectivity index (χ2n) is 4.96. The Balaban J connectivity index is 2.65. The Kier molecular flexibility index (Phi) is 6.08. The number of hydrogen-bond donors (Lipinski definition) is 3. The van der Waals surface area contributed by atoms with Crippen LogP contribution in [-0.2, 0) is 16.0 Å². The molecule has 0 aromatic carbocycles. The number of aromatic nitrogens is 2. The standard InChI is InChI=1S/C14H21N3O4/c1-4-5-11(14(20)21)17-12(18)7-6-10-8(2)15-9(3)16-13(10)19/h11H,4-7H2,1-3H3,(H,17,18)(H,20,21)(H,15,16,19)/t11-/m0/s1. The molecule has 0 aliphatic rings. The van der Waals surface area contributed by atoms with Gasteiger partial charge in [0.05, 0.1) is 0 Å². The molecule has 0 saturated heterocycles. The number of hydrogen-bond acceptors (Lipinski definition) is 4. The van der Waals surface area contributed by atoms with E-state index in [-0.39, 0.29) is 24.3 Å². The van der Waals surface area contributed by atoms with Crippen LogP contribution in [0.5, 0.6) is 0 Å². The molecule has 1 rings (SSSR count). The van der Waals surface area contributed by atoms with Crippen LogP contribution in [0, 0.1) is 13.8 Å². The van der Waals surface area contributed by atoms with Gasteiger partial charge in [-0.25, -0.2) is 9.78 Å². The zero-order valence-electron chi connectivity index (χ0n) is 12.5. The van der Waals surface area contributed by atoms with Gasteiger partial charge in [-0.3, -0.25) is 9.59 Å². The van der Waals surface area contributed by atoms with E-state index in [1.165, 1.54) is 0 Å². The lowest BCUT2D eigenvalue weighted by molar-refractivity contribution is -0.142. The highest BCUT2D eigenvalue weighted by Gasteiger charge is 2.19. The summed E-state index contributed by atoms with van der Waals surface area (Å²) in [6.07, 6.45) is 1.34. The fourth-order valence-electron chi connectivity index (χ4n) is 2.10. The van der Waals surface area contributed by atoms with Crippen LogP contribution in [-0.4, -0.2) is 33.0 Å². The molecule has 0 saturated carbocycles. The minimum absolute atomic E-state index is 0.0577. The maximum absolute atomic E-state index is 11.8. The molecule has 116 valence electrons. The van der Waals surface area contributed by atoms with Gasteiger partial charge in [-0.05, 0) is 26.7 Å². The van der Waals surface area contributed by atoms with Crippen molar-refractivity contribution in [2.45, 2.75) is 52.5 Å². The molecule has 0 radical (unpaired) electrons. The van der Waals surface area contributed by atoms with Crippen molar-refractivity contribution in [2.75, 3.05) is 0 Å². The molecule has 0 spiro atoms. The van der Waals surface area contributed by atoms with Gasteiger partial charge in [-0.15, -0.1) is 0 Å². The molecule has 0 aliphatic carbocycles. The number of aryl methyl sites for hydroxylation is 2. The fourth-order valence-corrected chi connectivity index (χ4v) is 2.10. The predicted molar refractivity (Wildman–Crippen MR) is 77.1 cm³/mol. The first-order valence-corrected chi connectivity index (χ1v) is 6.93. The molecular formula is C14H21N3O4. The molecule has 1 heterocycles. The fraction of sp³-hybridized carbons (Fsp3) is 0.571. The average Bonchev–Trinajstić information content (AvgIpc) is 2.36. The number of carboxylic acid groups (broad SMARTS) is 1. The Bertz CT molecular complexity index is 580. The molecule has 0 unspecified atom stereocenters. The summed E-state index contributed by atoms with van der Waals surface area (Å²) in [5, 5.41) is 11.4. The topological polar surface area (TPSA) is 112 Å². The minimum atomic E-state index is -1.05. The summed E-state index contributed by atoms with van der Waals surface area (Å²) in [7, 11) is 0. The van der Waals surface area contributed by atoms with E-state index in [2.05, 4.69) is 15.3 Å². The maximum Gasteiger partial charge on any atom is 0.326 e. The van der Waals surface area contributed by atoms with Crippen molar-refractivity contribution in [1.82, 2.24) is 15.3 Å². The van der Waals surface area contributed by atoms with Gasteiger partial charge in [0.1, 0.15) is 11.9 Å². The van der Waals surface area contributed by atoms with E-state index in [1.807, 2.05) is 6.92 Å². The van der Waals surface area contributed by atoms with Crippen LogP contribution in [0.2, 0.25) is 0 Å². The summed E-state index contributed by atoms with van der Waals surface area (Å²) in [4.78, 5) is 41.3. The molecule has 7 nitrogen and oxygen atoms in total. The summed E-state index contributed by atoms with van der Waals surface area (Å²) in [6, 6.07) is -0.877. The van der Waals surface area contributed by atoms with E-state index < -0.39 is 12.0 Å². The van der Waals surface area contributed by atoms with Crippen molar-refractivity contribution >= 4 is 11.9 Å². The Hall–Kier alpha value is -2.18. The molecular weight excluding hydrogens is 274 g/mol. The zero-order valence-corrected chi connectivity index (χ0v) is 12.5. The van der Waals surface area contributed by atoms with Crippen LogP contribution in [0.4, 0.5) is 0 Å². The molecule has 21 heavy (non-hydrogen) atoms. The van der Waals surface area contributed by atoms with Crippen molar-refractivity contribution in [3.8, 4) is 0 Å². The summed E-state index contributed by atoms with van der Waals surface area (Å²) in [5.41, 5.74) is 0.793. The monoisotopic (exact) mass is 295 g/mol. The van der Waals surface area contributed by atoms with E-state index in [0.717, 1.165) is 0 Å². The third kappa shape index (κ3) is 5.02. The number of H-pyrrole nitrogens is 1. The van der Waals surface area contributed by atoms with Gasteiger partial charge in [0, 0.05) is 17.7 Å². The van der Waals surface area contributed by atoms with Crippen LogP contribution < -0.4 is 10.9 Å². The van der Waals surface area contributed by atoms with Gasteiger partial charge in [0.25, 0.3) is 5.56 Å². The molecule has 1 atom stereocenters. The number of carboxylic acids is 1. The molecule has 0 aliphatic heterocycles. The lowest BCUT2D eigenvalue weighted by atomic mass is 10.1. The maximum atomic E-state index is 11.8. The van der Waals surface area contributed by atoms with Crippen LogP contribution in [0.15, 0.2) is 4.79 Å². The van der Waals surface area contributed by atoms with Gasteiger partial charge in [-0.1, -0.05) is 13.3 Å². The number of carbonyl (C=O) groups excluding carboxylic acids is 1. The number of amides is 1. The first-order valence-electron chi connectivity index (χ1n) is 6.93. The van der Waals surface area contributed by atoms with E-state index in [4.69, 9.17) is 5.11 Å². The number of nitrogens with zero attached hydrogens (tertiary/aromatic N) is 1. The predicted octanol–water partition coefficient (Wildman–Crippen LogP) is 0.689. The van der Waals surface area contributed by atoms with Gasteiger partial charge < -0.3 is 15.4 Å². The highest BCUT2D eigenvalue weighted by Crippen LogP contribution is 2.04. The van der Waals surface area contributed by atoms with Crippen LogP contribution >= 0.6 is 0 Å². The number of aromatic amines is 1. The zero-order chi connectivity index (χ0) is 16.0. The van der Waals surface area contributed by atoms with Crippen molar-refractivity contribution in [3.63, 3.8) is 0 Å². The highest BCUT2D eigenvalue weighted by molar-refractivity contribution is 5.83. The van der Waals surface area contributed by atoms with Gasteiger partial charge in [0.2, 0.25) is 5.91 Å². The van der Waals surface area contributed by atoms with E-state index in [1.54, 1.807) is 13.8 Å². The van der Waals surface area contributed by atoms with Gasteiger partial charge in [0.15, 0.2) is 0 Å². The lowest BCUT2D eigenvalue weighted by Crippen LogP contribution is -2.40. The number of rotatable bonds is 7. The number of nitrogens with one attached hydrogen (secondary N) is 2. The van der Waals surface area contributed by atoms with Crippen LogP contribution in [0.1, 0.15) is 43.3 Å². The number of carbonyl (C=O) groups is 2. The normalized spacial score (nSPS) is 12.0. The van der Waals surface area contributed by atoms with Gasteiger partial charge in [-0.2, -0.15) is 0 Å². The first-order chi connectivity index (χ1) is 9.85. The van der Waals surface area contributed by atoms with Crippen molar-refractivity contribution in [2.24, 2.45) is 0 Å². The van der Waals surface area contributed by atoms with Crippen LogP contribution in [0.3, 0.4) is 0 Å².